The minimum atomic E-state index is 0.0556. The van der Waals surface area contributed by atoms with E-state index in [1.807, 2.05) is 19.3 Å². The lowest BCUT2D eigenvalue weighted by atomic mass is 10.1. The number of hydrogen-bond donors (Lipinski definition) is 1. The minimum absolute atomic E-state index is 0.0556. The fourth-order valence-corrected chi connectivity index (χ4v) is 3.65. The summed E-state index contributed by atoms with van der Waals surface area (Å²) < 4.78 is 3.32. The van der Waals surface area contributed by atoms with Gasteiger partial charge in [-0.2, -0.15) is 0 Å². The molecule has 2 rings (SSSR count). The van der Waals surface area contributed by atoms with Gasteiger partial charge in [-0.1, -0.05) is 6.92 Å². The van der Waals surface area contributed by atoms with E-state index in [9.17, 15) is 0 Å². The van der Waals surface area contributed by atoms with E-state index in [4.69, 9.17) is 5.73 Å². The van der Waals surface area contributed by atoms with Gasteiger partial charge >= 0.3 is 0 Å². The first-order chi connectivity index (χ1) is 8.13. The van der Waals surface area contributed by atoms with Crippen LogP contribution in [-0.2, 0) is 6.42 Å². The van der Waals surface area contributed by atoms with Crippen molar-refractivity contribution in [2.24, 2.45) is 5.73 Å². The van der Waals surface area contributed by atoms with E-state index >= 15 is 0 Å². The molecule has 0 radical (unpaired) electrons. The third-order valence-corrected chi connectivity index (χ3v) is 4.44. The van der Waals surface area contributed by atoms with Gasteiger partial charge in [-0.15, -0.1) is 11.3 Å². The summed E-state index contributed by atoms with van der Waals surface area (Å²) in [4.78, 5) is 5.63. The molecule has 0 saturated carbocycles. The van der Waals surface area contributed by atoms with Gasteiger partial charge in [-0.25, -0.2) is 4.98 Å². The molecule has 0 aromatic carbocycles. The first-order valence-electron chi connectivity index (χ1n) is 5.66. The molecule has 0 spiro atoms. The molecule has 0 fully saturated rings. The number of halogens is 1. The zero-order valence-electron chi connectivity index (χ0n) is 9.93. The fraction of sp³-hybridized carbons (Fsp3) is 0.417. The molecule has 5 heteroatoms. The molecule has 2 aromatic rings. The Bertz CT molecular complexity index is 489. The SMILES string of the molecule is CCc1nccn1C(c1ccc(Br)s1)C(C)N. The number of nitrogens with two attached hydrogens (primary N) is 1. The third kappa shape index (κ3) is 2.61. The van der Waals surface area contributed by atoms with Gasteiger partial charge in [-0.05, 0) is 35.0 Å². The summed E-state index contributed by atoms with van der Waals surface area (Å²) >= 11 is 5.23. The fourth-order valence-electron chi connectivity index (χ4n) is 2.01. The van der Waals surface area contributed by atoms with Crippen LogP contribution in [0.25, 0.3) is 0 Å². The average Bonchev–Trinajstić information content (AvgIpc) is 2.88. The Morgan fingerprint density at radius 3 is 2.82 bits per heavy atom. The highest BCUT2D eigenvalue weighted by Crippen LogP contribution is 2.31. The molecular formula is C12H16BrN3S. The van der Waals surface area contributed by atoms with Crippen LogP contribution in [0.2, 0.25) is 0 Å². The molecule has 2 aromatic heterocycles. The molecular weight excluding hydrogens is 298 g/mol. The first-order valence-corrected chi connectivity index (χ1v) is 7.27. The lowest BCUT2D eigenvalue weighted by molar-refractivity contribution is 0.488. The van der Waals surface area contributed by atoms with Crippen molar-refractivity contribution in [3.8, 4) is 0 Å². The summed E-state index contributed by atoms with van der Waals surface area (Å²) in [5, 5.41) is 0. The van der Waals surface area contributed by atoms with E-state index in [1.54, 1.807) is 11.3 Å². The smallest absolute Gasteiger partial charge is 0.108 e. The number of thiophene rings is 1. The number of imidazole rings is 1. The largest absolute Gasteiger partial charge is 0.326 e. The Morgan fingerprint density at radius 1 is 1.53 bits per heavy atom. The molecule has 2 atom stereocenters. The Balaban J connectivity index is 2.42. The molecule has 92 valence electrons. The van der Waals surface area contributed by atoms with Crippen LogP contribution in [-0.4, -0.2) is 15.6 Å². The van der Waals surface area contributed by atoms with Gasteiger partial charge in [0.2, 0.25) is 0 Å². The van der Waals surface area contributed by atoms with Crippen molar-refractivity contribution >= 4 is 27.3 Å². The van der Waals surface area contributed by atoms with Crippen LogP contribution in [0.4, 0.5) is 0 Å². The zero-order chi connectivity index (χ0) is 12.4. The summed E-state index contributed by atoms with van der Waals surface area (Å²) in [5.74, 6) is 1.08. The van der Waals surface area contributed by atoms with E-state index in [2.05, 4.69) is 44.5 Å². The van der Waals surface area contributed by atoms with Crippen molar-refractivity contribution in [1.29, 1.82) is 0 Å². The molecule has 17 heavy (non-hydrogen) atoms. The number of nitrogens with zero attached hydrogens (tertiary/aromatic N) is 2. The quantitative estimate of drug-likeness (QED) is 0.942. The predicted octanol–water partition coefficient (Wildman–Crippen LogP) is 3.21. The second-order valence-electron chi connectivity index (χ2n) is 4.05. The second kappa shape index (κ2) is 5.33. The maximum Gasteiger partial charge on any atom is 0.108 e. The minimum Gasteiger partial charge on any atom is -0.326 e. The molecule has 2 unspecified atom stereocenters. The van der Waals surface area contributed by atoms with E-state index in [0.29, 0.717) is 0 Å². The molecule has 2 N–H and O–H groups in total. The van der Waals surface area contributed by atoms with E-state index in [1.165, 1.54) is 4.88 Å². The van der Waals surface area contributed by atoms with Crippen molar-refractivity contribution in [3.05, 3.63) is 39.0 Å². The number of rotatable bonds is 4. The van der Waals surface area contributed by atoms with Crippen LogP contribution in [0.15, 0.2) is 28.3 Å². The average molecular weight is 314 g/mol. The zero-order valence-corrected chi connectivity index (χ0v) is 12.3. The Kier molecular flexibility index (Phi) is 4.01. The maximum atomic E-state index is 6.14. The normalized spacial score (nSPS) is 14.8. The van der Waals surface area contributed by atoms with Gasteiger partial charge < -0.3 is 10.3 Å². The second-order valence-corrected chi connectivity index (χ2v) is 6.54. The van der Waals surface area contributed by atoms with E-state index < -0.39 is 0 Å². The molecule has 0 aliphatic carbocycles. The van der Waals surface area contributed by atoms with Gasteiger partial charge in [0.05, 0.1) is 9.83 Å². The topological polar surface area (TPSA) is 43.8 Å². The van der Waals surface area contributed by atoms with Crippen molar-refractivity contribution < 1.29 is 0 Å². The van der Waals surface area contributed by atoms with Crippen molar-refractivity contribution in [1.82, 2.24) is 9.55 Å². The Hall–Kier alpha value is -0.650. The molecule has 0 aliphatic rings. The van der Waals surface area contributed by atoms with Crippen LogP contribution in [0, 0.1) is 0 Å². The van der Waals surface area contributed by atoms with Gasteiger partial charge in [0.1, 0.15) is 5.82 Å². The molecule has 0 bridgehead atoms. The first kappa shape index (κ1) is 12.8. The third-order valence-electron chi connectivity index (χ3n) is 2.75. The Labute approximate surface area is 114 Å². The monoisotopic (exact) mass is 313 g/mol. The van der Waals surface area contributed by atoms with E-state index in [-0.39, 0.29) is 12.1 Å². The standard InChI is InChI=1S/C12H16BrN3S/c1-3-11-15-6-7-16(11)12(8(2)14)9-4-5-10(13)17-9/h4-8,12H,3,14H2,1-2H3. The molecule has 0 saturated heterocycles. The summed E-state index contributed by atoms with van der Waals surface area (Å²) in [6.07, 6.45) is 4.78. The van der Waals surface area contributed by atoms with Crippen molar-refractivity contribution in [2.75, 3.05) is 0 Å². The van der Waals surface area contributed by atoms with Crippen molar-refractivity contribution in [3.63, 3.8) is 0 Å². The summed E-state index contributed by atoms with van der Waals surface area (Å²) in [7, 11) is 0. The van der Waals surface area contributed by atoms with Crippen LogP contribution >= 0.6 is 27.3 Å². The molecule has 2 heterocycles. The highest BCUT2D eigenvalue weighted by atomic mass is 79.9. The molecule has 0 amide bonds. The summed E-state index contributed by atoms with van der Waals surface area (Å²) in [6, 6.07) is 4.42. The van der Waals surface area contributed by atoms with Gasteiger partial charge in [-0.3, -0.25) is 0 Å². The Morgan fingerprint density at radius 2 is 2.29 bits per heavy atom. The van der Waals surface area contributed by atoms with Crippen molar-refractivity contribution in [2.45, 2.75) is 32.4 Å². The number of aryl methyl sites for hydroxylation is 1. The van der Waals surface area contributed by atoms with Crippen LogP contribution in [0.1, 0.15) is 30.6 Å². The predicted molar refractivity (Wildman–Crippen MR) is 75.4 cm³/mol. The maximum absolute atomic E-state index is 6.14. The van der Waals surface area contributed by atoms with Crippen LogP contribution in [0.5, 0.6) is 0 Å². The van der Waals surface area contributed by atoms with Gasteiger partial charge in [0, 0.05) is 29.7 Å². The van der Waals surface area contributed by atoms with E-state index in [0.717, 1.165) is 16.0 Å². The van der Waals surface area contributed by atoms with Crippen LogP contribution in [0.3, 0.4) is 0 Å². The van der Waals surface area contributed by atoms with Crippen LogP contribution < -0.4 is 5.73 Å². The molecule has 0 aliphatic heterocycles. The summed E-state index contributed by atoms with van der Waals surface area (Å²) in [6.45, 7) is 4.15. The number of aromatic nitrogens is 2. The van der Waals surface area contributed by atoms with Gasteiger partial charge in [0.15, 0.2) is 0 Å². The van der Waals surface area contributed by atoms with Gasteiger partial charge in [0.25, 0.3) is 0 Å². The lowest BCUT2D eigenvalue weighted by Crippen LogP contribution is -2.30. The lowest BCUT2D eigenvalue weighted by Gasteiger charge is -2.23. The summed E-state index contributed by atoms with van der Waals surface area (Å²) in [5.41, 5.74) is 6.14. The number of hydrogen-bond acceptors (Lipinski definition) is 3. The highest BCUT2D eigenvalue weighted by Gasteiger charge is 2.21. The highest BCUT2D eigenvalue weighted by molar-refractivity contribution is 9.11. The molecule has 3 nitrogen and oxygen atoms in total.